The van der Waals surface area contributed by atoms with Crippen molar-refractivity contribution in [1.29, 1.82) is 0 Å². The lowest BCUT2D eigenvalue weighted by Crippen LogP contribution is -2.39. The van der Waals surface area contributed by atoms with Crippen LogP contribution in [0, 0.1) is 22.7 Å². The van der Waals surface area contributed by atoms with E-state index in [-0.39, 0.29) is 0 Å². The molecule has 0 aromatic heterocycles. The predicted molar refractivity (Wildman–Crippen MR) is 51.8 cm³/mol. The van der Waals surface area contributed by atoms with Crippen LogP contribution >= 0.6 is 0 Å². The van der Waals surface area contributed by atoms with Crippen LogP contribution in [0.3, 0.4) is 0 Å². The Hall–Kier alpha value is -0.0400. The monoisotopic (exact) mass is 167 g/mol. The Kier molecular flexibility index (Phi) is 1.61. The second-order valence-electron chi connectivity index (χ2n) is 5.70. The van der Waals surface area contributed by atoms with Gasteiger partial charge in [-0.25, -0.2) is 0 Å². The van der Waals surface area contributed by atoms with Gasteiger partial charge in [-0.3, -0.25) is 0 Å². The van der Waals surface area contributed by atoms with Crippen LogP contribution in [-0.4, -0.2) is 6.54 Å². The fourth-order valence-electron chi connectivity index (χ4n) is 3.99. The molecule has 3 atom stereocenters. The highest BCUT2D eigenvalue weighted by molar-refractivity contribution is 5.08. The molecule has 2 aliphatic carbocycles. The molecule has 0 aromatic rings. The van der Waals surface area contributed by atoms with E-state index in [0.717, 1.165) is 18.4 Å². The van der Waals surface area contributed by atoms with Crippen molar-refractivity contribution in [1.82, 2.24) is 0 Å². The van der Waals surface area contributed by atoms with Gasteiger partial charge >= 0.3 is 0 Å². The number of hydrogen-bond donors (Lipinski definition) is 1. The molecule has 2 rings (SSSR count). The zero-order chi connectivity index (χ0) is 8.98. The molecule has 2 N–H and O–H groups in total. The van der Waals surface area contributed by atoms with Gasteiger partial charge in [0.1, 0.15) is 0 Å². The van der Waals surface area contributed by atoms with E-state index in [1.807, 2.05) is 0 Å². The van der Waals surface area contributed by atoms with Crippen molar-refractivity contribution in [2.75, 3.05) is 6.54 Å². The largest absolute Gasteiger partial charge is 0.330 e. The third kappa shape index (κ3) is 0.834. The van der Waals surface area contributed by atoms with Gasteiger partial charge < -0.3 is 5.73 Å². The fourth-order valence-corrected chi connectivity index (χ4v) is 3.99. The first kappa shape index (κ1) is 8.55. The zero-order valence-corrected chi connectivity index (χ0v) is 8.56. The van der Waals surface area contributed by atoms with Gasteiger partial charge in [0, 0.05) is 0 Å². The molecule has 0 aliphatic heterocycles. The minimum atomic E-state index is 0.516. The minimum Gasteiger partial charge on any atom is -0.330 e. The molecule has 0 amide bonds. The summed E-state index contributed by atoms with van der Waals surface area (Å²) in [5.74, 6) is 1.72. The molecule has 12 heavy (non-hydrogen) atoms. The molecule has 2 bridgehead atoms. The molecule has 70 valence electrons. The van der Waals surface area contributed by atoms with Gasteiger partial charge in [0.05, 0.1) is 0 Å². The Morgan fingerprint density at radius 2 is 2.00 bits per heavy atom. The zero-order valence-electron chi connectivity index (χ0n) is 8.56. The smallest absolute Gasteiger partial charge is 0.00384 e. The highest BCUT2D eigenvalue weighted by Gasteiger charge is 2.58. The summed E-state index contributed by atoms with van der Waals surface area (Å²) < 4.78 is 0. The number of fused-ring (bicyclic) bond motifs is 2. The normalized spacial score (nSPS) is 50.0. The van der Waals surface area contributed by atoms with Crippen molar-refractivity contribution >= 4 is 0 Å². The lowest BCUT2D eigenvalue weighted by molar-refractivity contribution is 0.0817. The highest BCUT2D eigenvalue weighted by Crippen LogP contribution is 2.65. The molecular weight excluding hydrogens is 146 g/mol. The third-order valence-corrected chi connectivity index (χ3v) is 4.80. The Bertz CT molecular complexity index is 192. The van der Waals surface area contributed by atoms with Crippen LogP contribution in [0.15, 0.2) is 0 Å². The summed E-state index contributed by atoms with van der Waals surface area (Å²) in [5, 5.41) is 0. The van der Waals surface area contributed by atoms with Crippen LogP contribution in [0.4, 0.5) is 0 Å². The van der Waals surface area contributed by atoms with Crippen molar-refractivity contribution in [3.05, 3.63) is 0 Å². The number of hydrogen-bond acceptors (Lipinski definition) is 1. The maximum atomic E-state index is 5.88. The standard InChI is InChI=1S/C11H21N/c1-10(2)8-4-5-11(3,6-8)9(10)7-12/h8-9H,4-7,12H2,1-3H3/t8-,9+,11+/m0/s1. The van der Waals surface area contributed by atoms with E-state index < -0.39 is 0 Å². The Morgan fingerprint density at radius 1 is 1.33 bits per heavy atom. The van der Waals surface area contributed by atoms with Gasteiger partial charge in [-0.05, 0) is 48.5 Å². The molecule has 2 fully saturated rings. The number of rotatable bonds is 1. The van der Waals surface area contributed by atoms with E-state index in [0.29, 0.717) is 10.8 Å². The molecule has 0 heterocycles. The van der Waals surface area contributed by atoms with Gasteiger partial charge in [-0.15, -0.1) is 0 Å². The molecule has 1 nitrogen and oxygen atoms in total. The van der Waals surface area contributed by atoms with Crippen molar-refractivity contribution in [3.63, 3.8) is 0 Å². The van der Waals surface area contributed by atoms with E-state index in [2.05, 4.69) is 20.8 Å². The van der Waals surface area contributed by atoms with Gasteiger partial charge in [-0.1, -0.05) is 20.8 Å². The average molecular weight is 167 g/mol. The maximum Gasteiger partial charge on any atom is -0.00384 e. The summed E-state index contributed by atoms with van der Waals surface area (Å²) in [6, 6.07) is 0. The summed E-state index contributed by atoms with van der Waals surface area (Å²) >= 11 is 0. The molecule has 2 saturated carbocycles. The predicted octanol–water partition coefficient (Wildman–Crippen LogP) is 2.41. The van der Waals surface area contributed by atoms with E-state index in [1.165, 1.54) is 19.3 Å². The molecule has 0 aromatic carbocycles. The second kappa shape index (κ2) is 2.25. The molecule has 0 radical (unpaired) electrons. The Labute approximate surface area is 75.7 Å². The SMILES string of the molecule is CC1(C)[C@H]2CC[C@](C)(C2)[C@@H]1CN. The number of nitrogens with two attached hydrogens (primary N) is 1. The van der Waals surface area contributed by atoms with Crippen molar-refractivity contribution in [2.24, 2.45) is 28.4 Å². The molecular formula is C11H21N. The second-order valence-corrected chi connectivity index (χ2v) is 5.70. The van der Waals surface area contributed by atoms with Crippen LogP contribution in [-0.2, 0) is 0 Å². The minimum absolute atomic E-state index is 0.516. The van der Waals surface area contributed by atoms with Crippen LogP contribution in [0.5, 0.6) is 0 Å². The van der Waals surface area contributed by atoms with Gasteiger partial charge in [0.15, 0.2) is 0 Å². The van der Waals surface area contributed by atoms with E-state index in [9.17, 15) is 0 Å². The molecule has 0 spiro atoms. The fraction of sp³-hybridized carbons (Fsp3) is 1.00. The quantitative estimate of drug-likeness (QED) is 0.637. The molecule has 0 saturated heterocycles. The summed E-state index contributed by atoms with van der Waals surface area (Å²) in [7, 11) is 0. The summed E-state index contributed by atoms with van der Waals surface area (Å²) in [6.07, 6.45) is 4.30. The summed E-state index contributed by atoms with van der Waals surface area (Å²) in [5.41, 5.74) is 6.98. The first-order valence-corrected chi connectivity index (χ1v) is 5.21. The lowest BCUT2D eigenvalue weighted by Gasteiger charge is -2.42. The van der Waals surface area contributed by atoms with Gasteiger partial charge in [0.2, 0.25) is 0 Å². The molecule has 0 unspecified atom stereocenters. The van der Waals surface area contributed by atoms with E-state index >= 15 is 0 Å². The highest BCUT2D eigenvalue weighted by atomic mass is 14.7. The molecule has 2 aliphatic rings. The average Bonchev–Trinajstić information content (AvgIpc) is 2.39. The van der Waals surface area contributed by atoms with E-state index in [1.54, 1.807) is 0 Å². The van der Waals surface area contributed by atoms with Gasteiger partial charge in [-0.2, -0.15) is 0 Å². The topological polar surface area (TPSA) is 26.0 Å². The van der Waals surface area contributed by atoms with Crippen molar-refractivity contribution in [3.8, 4) is 0 Å². The van der Waals surface area contributed by atoms with Crippen LogP contribution in [0.25, 0.3) is 0 Å². The van der Waals surface area contributed by atoms with Crippen LogP contribution < -0.4 is 5.73 Å². The third-order valence-electron chi connectivity index (χ3n) is 4.80. The van der Waals surface area contributed by atoms with Gasteiger partial charge in [0.25, 0.3) is 0 Å². The van der Waals surface area contributed by atoms with Crippen molar-refractivity contribution in [2.45, 2.75) is 40.0 Å². The summed E-state index contributed by atoms with van der Waals surface area (Å²) in [6.45, 7) is 8.17. The summed E-state index contributed by atoms with van der Waals surface area (Å²) in [4.78, 5) is 0. The first-order chi connectivity index (χ1) is 5.50. The Balaban J connectivity index is 2.31. The van der Waals surface area contributed by atoms with Crippen LogP contribution in [0.2, 0.25) is 0 Å². The van der Waals surface area contributed by atoms with E-state index in [4.69, 9.17) is 5.73 Å². The maximum absolute atomic E-state index is 5.88. The van der Waals surface area contributed by atoms with Crippen LogP contribution in [0.1, 0.15) is 40.0 Å². The first-order valence-electron chi connectivity index (χ1n) is 5.21. The van der Waals surface area contributed by atoms with Crippen molar-refractivity contribution < 1.29 is 0 Å². The molecule has 1 heteroatoms. The Morgan fingerprint density at radius 3 is 2.33 bits per heavy atom. The lowest BCUT2D eigenvalue weighted by atomic mass is 9.64.